The average Bonchev–Trinajstić information content (AvgIpc) is 1.65. The Morgan fingerprint density at radius 2 is 1.38 bits per heavy atom. The lowest BCUT2D eigenvalue weighted by Gasteiger charge is -1.91. The Bertz CT molecular complexity index is 55.4. The molecule has 0 aliphatic rings. The maximum atomic E-state index is 9.43. The van der Waals surface area contributed by atoms with Crippen LogP contribution in [0.1, 0.15) is 14.9 Å². The number of rotatable bonds is 2. The van der Waals surface area contributed by atoms with Crippen molar-refractivity contribution in [3.05, 3.63) is 0 Å². The number of carbonyl (C=O) groups is 2. The number of carbonyl (C=O) groups excluding carboxylic acids is 2. The molecule has 3 heteroatoms. The molecule has 0 spiro atoms. The predicted octanol–water partition coefficient (Wildman–Crippen LogP) is 0.503. The largest absolute Gasteiger partial charge is 0.291 e. The van der Waals surface area contributed by atoms with Crippen LogP contribution in [0.4, 0.5) is 0 Å². The Morgan fingerprint density at radius 3 is 1.38 bits per heavy atom. The third-order valence-electron chi connectivity index (χ3n) is 0.333. The van der Waals surface area contributed by atoms with Crippen molar-refractivity contribution in [3.63, 3.8) is 0 Å². The summed E-state index contributed by atoms with van der Waals surface area (Å²) in [5.41, 5.74) is 0. The standard InChI is InChI=1S/C3H5NO2.2CH4/c1-4(2-5)3-6;;/h2-3H,1H3;2*1H4. The molecule has 0 saturated heterocycles. The molecule has 2 amide bonds. The first-order valence-corrected chi connectivity index (χ1v) is 1.44. The van der Waals surface area contributed by atoms with Gasteiger partial charge in [-0.2, -0.15) is 0 Å². The smallest absolute Gasteiger partial charge is 0.215 e. The quantitative estimate of drug-likeness (QED) is 0.496. The van der Waals surface area contributed by atoms with Crippen LogP contribution in [0.25, 0.3) is 0 Å². The summed E-state index contributed by atoms with van der Waals surface area (Å²) in [7, 11) is 1.38. The van der Waals surface area contributed by atoms with Gasteiger partial charge in [-0.3, -0.25) is 14.5 Å². The highest BCUT2D eigenvalue weighted by molar-refractivity contribution is 5.67. The van der Waals surface area contributed by atoms with Gasteiger partial charge in [0.15, 0.2) is 0 Å². The van der Waals surface area contributed by atoms with Crippen molar-refractivity contribution in [3.8, 4) is 0 Å². The van der Waals surface area contributed by atoms with E-state index in [4.69, 9.17) is 0 Å². The minimum absolute atomic E-state index is 0. The normalized spacial score (nSPS) is 5.12. The first-order valence-electron chi connectivity index (χ1n) is 1.44. The first-order chi connectivity index (χ1) is 2.81. The van der Waals surface area contributed by atoms with Crippen LogP contribution in [0.2, 0.25) is 0 Å². The van der Waals surface area contributed by atoms with Gasteiger partial charge < -0.3 is 0 Å². The van der Waals surface area contributed by atoms with Gasteiger partial charge in [0.2, 0.25) is 12.8 Å². The zero-order valence-electron chi connectivity index (χ0n) is 3.42. The highest BCUT2D eigenvalue weighted by Crippen LogP contribution is 1.55. The Hall–Kier alpha value is -0.860. The summed E-state index contributed by atoms with van der Waals surface area (Å²) in [6.45, 7) is 0. The Labute approximate surface area is 50.3 Å². The van der Waals surface area contributed by atoms with Gasteiger partial charge in [-0.25, -0.2) is 0 Å². The van der Waals surface area contributed by atoms with Crippen molar-refractivity contribution in [2.24, 2.45) is 0 Å². The van der Waals surface area contributed by atoms with Crippen LogP contribution in [0.3, 0.4) is 0 Å². The predicted molar refractivity (Wildman–Crippen MR) is 33.4 cm³/mol. The second-order valence-corrected chi connectivity index (χ2v) is 0.876. The molecule has 0 aliphatic carbocycles. The molecule has 8 heavy (non-hydrogen) atoms. The third-order valence-corrected chi connectivity index (χ3v) is 0.333. The zero-order valence-corrected chi connectivity index (χ0v) is 3.42. The summed E-state index contributed by atoms with van der Waals surface area (Å²) in [5, 5.41) is 0. The molecular formula is C5H13NO2. The van der Waals surface area contributed by atoms with Crippen LogP contribution in [0.5, 0.6) is 0 Å². The van der Waals surface area contributed by atoms with E-state index in [0.29, 0.717) is 12.8 Å². The van der Waals surface area contributed by atoms with Crippen molar-refractivity contribution in [1.29, 1.82) is 0 Å². The highest BCUT2D eigenvalue weighted by atomic mass is 16.2. The van der Waals surface area contributed by atoms with Gasteiger partial charge in [-0.15, -0.1) is 0 Å². The maximum absolute atomic E-state index is 9.43. The van der Waals surface area contributed by atoms with Crippen LogP contribution in [0, 0.1) is 0 Å². The minimum Gasteiger partial charge on any atom is -0.291 e. The Morgan fingerprint density at radius 1 is 1.12 bits per heavy atom. The number of amides is 2. The summed E-state index contributed by atoms with van der Waals surface area (Å²) < 4.78 is 0. The van der Waals surface area contributed by atoms with Crippen molar-refractivity contribution in [2.45, 2.75) is 14.9 Å². The van der Waals surface area contributed by atoms with Gasteiger partial charge in [0.25, 0.3) is 0 Å². The second kappa shape index (κ2) is 9.46. The molecule has 0 radical (unpaired) electrons. The van der Waals surface area contributed by atoms with Crippen LogP contribution in [-0.4, -0.2) is 24.8 Å². The van der Waals surface area contributed by atoms with Gasteiger partial charge in [0, 0.05) is 7.05 Å². The molecular weight excluding hydrogens is 106 g/mol. The Balaban J connectivity index is -0.000000125. The lowest BCUT2D eigenvalue weighted by Crippen LogP contribution is -2.11. The van der Waals surface area contributed by atoms with Gasteiger partial charge in [-0.1, -0.05) is 14.9 Å². The topological polar surface area (TPSA) is 37.4 Å². The van der Waals surface area contributed by atoms with E-state index in [0.717, 1.165) is 4.90 Å². The molecule has 0 unspecified atom stereocenters. The lowest BCUT2D eigenvalue weighted by molar-refractivity contribution is -0.127. The van der Waals surface area contributed by atoms with E-state index in [2.05, 4.69) is 0 Å². The van der Waals surface area contributed by atoms with Gasteiger partial charge >= 0.3 is 0 Å². The van der Waals surface area contributed by atoms with Crippen LogP contribution < -0.4 is 0 Å². The van der Waals surface area contributed by atoms with Crippen molar-refractivity contribution in [1.82, 2.24) is 4.90 Å². The van der Waals surface area contributed by atoms with Crippen LogP contribution >= 0.6 is 0 Å². The molecule has 0 fully saturated rings. The monoisotopic (exact) mass is 119 g/mol. The zero-order chi connectivity index (χ0) is 4.99. The molecule has 0 aromatic carbocycles. The van der Waals surface area contributed by atoms with Crippen LogP contribution in [-0.2, 0) is 9.59 Å². The fourth-order valence-corrected chi connectivity index (χ4v) is 0.0248. The molecule has 50 valence electrons. The van der Waals surface area contributed by atoms with E-state index in [1.54, 1.807) is 0 Å². The molecule has 0 bridgehead atoms. The maximum Gasteiger partial charge on any atom is 0.215 e. The fraction of sp³-hybridized carbons (Fsp3) is 0.600. The number of hydrogen-bond acceptors (Lipinski definition) is 2. The fourth-order valence-electron chi connectivity index (χ4n) is 0.0248. The third kappa shape index (κ3) is 8.94. The molecule has 0 aromatic heterocycles. The van der Waals surface area contributed by atoms with E-state index < -0.39 is 0 Å². The van der Waals surface area contributed by atoms with E-state index in [-0.39, 0.29) is 14.9 Å². The summed E-state index contributed by atoms with van der Waals surface area (Å²) in [5.74, 6) is 0. The molecule has 3 nitrogen and oxygen atoms in total. The van der Waals surface area contributed by atoms with E-state index >= 15 is 0 Å². The molecule has 0 saturated carbocycles. The van der Waals surface area contributed by atoms with Crippen molar-refractivity contribution in [2.75, 3.05) is 7.05 Å². The number of imide groups is 1. The van der Waals surface area contributed by atoms with Gasteiger partial charge in [-0.05, 0) is 0 Å². The van der Waals surface area contributed by atoms with Gasteiger partial charge in [0.1, 0.15) is 0 Å². The second-order valence-electron chi connectivity index (χ2n) is 0.876. The van der Waals surface area contributed by atoms with E-state index in [1.165, 1.54) is 7.05 Å². The summed E-state index contributed by atoms with van der Waals surface area (Å²) in [6, 6.07) is 0. The lowest BCUT2D eigenvalue weighted by atomic mass is 11.0. The highest BCUT2D eigenvalue weighted by Gasteiger charge is 1.79. The first kappa shape index (κ1) is 15.7. The number of nitrogens with zero attached hydrogens (tertiary/aromatic N) is 1. The summed E-state index contributed by atoms with van der Waals surface area (Å²) >= 11 is 0. The van der Waals surface area contributed by atoms with E-state index in [9.17, 15) is 9.59 Å². The molecule has 0 rings (SSSR count). The van der Waals surface area contributed by atoms with Crippen molar-refractivity contribution >= 4 is 12.8 Å². The molecule has 0 atom stereocenters. The van der Waals surface area contributed by atoms with Crippen molar-refractivity contribution < 1.29 is 9.59 Å². The average molecular weight is 119 g/mol. The molecule has 0 N–H and O–H groups in total. The molecule has 0 aromatic rings. The SMILES string of the molecule is C.C.CN(C=O)C=O. The summed E-state index contributed by atoms with van der Waals surface area (Å²) in [6.07, 6.45) is 0.875. The molecule has 0 aliphatic heterocycles. The minimum atomic E-state index is 0. The van der Waals surface area contributed by atoms with Gasteiger partial charge in [0.05, 0.1) is 0 Å². The number of hydrogen-bond donors (Lipinski definition) is 0. The van der Waals surface area contributed by atoms with E-state index in [1.807, 2.05) is 0 Å². The Kier molecular flexibility index (Phi) is 18.6. The summed E-state index contributed by atoms with van der Waals surface area (Å²) in [4.78, 5) is 19.8. The van der Waals surface area contributed by atoms with Crippen LogP contribution in [0.15, 0.2) is 0 Å². The molecule has 0 heterocycles.